The van der Waals surface area contributed by atoms with Crippen LogP contribution < -0.4 is 10.0 Å². The van der Waals surface area contributed by atoms with E-state index in [9.17, 15) is 8.42 Å². The van der Waals surface area contributed by atoms with Gasteiger partial charge in [0.25, 0.3) is 10.2 Å². The summed E-state index contributed by atoms with van der Waals surface area (Å²) < 4.78 is 38.4. The summed E-state index contributed by atoms with van der Waals surface area (Å²) in [5.74, 6) is 0.770. The highest BCUT2D eigenvalue weighted by atomic mass is 32.2. The van der Waals surface area contributed by atoms with Crippen LogP contribution in [0.4, 0.5) is 0 Å². The van der Waals surface area contributed by atoms with Crippen LogP contribution in [-0.2, 0) is 21.6 Å². The maximum Gasteiger partial charge on any atom is 0.279 e. The van der Waals surface area contributed by atoms with E-state index in [1.54, 1.807) is 12.3 Å². The van der Waals surface area contributed by atoms with Crippen LogP contribution in [0.5, 0.6) is 0 Å². The number of hydrogen-bond acceptors (Lipinski definition) is 5. The number of ether oxygens (including phenoxy) is 1. The average molecular weight is 303 g/mol. The van der Waals surface area contributed by atoms with Gasteiger partial charge >= 0.3 is 0 Å². The molecule has 114 valence electrons. The van der Waals surface area contributed by atoms with Gasteiger partial charge in [-0.15, -0.1) is 0 Å². The summed E-state index contributed by atoms with van der Waals surface area (Å²) in [4.78, 5) is 0. The Kier molecular flexibility index (Phi) is 5.99. The molecule has 1 aromatic rings. The van der Waals surface area contributed by atoms with Gasteiger partial charge in [0.15, 0.2) is 0 Å². The molecule has 8 heteroatoms. The van der Waals surface area contributed by atoms with Crippen LogP contribution in [0.3, 0.4) is 0 Å². The molecule has 0 aliphatic carbocycles. The van der Waals surface area contributed by atoms with Gasteiger partial charge in [-0.3, -0.25) is 0 Å². The molecule has 1 aromatic heterocycles. The zero-order valence-corrected chi connectivity index (χ0v) is 12.2. The Morgan fingerprint density at radius 2 is 2.20 bits per heavy atom. The second-order valence-electron chi connectivity index (χ2n) is 4.53. The Morgan fingerprint density at radius 1 is 1.40 bits per heavy atom. The third-order valence-corrected chi connectivity index (χ3v) is 4.60. The predicted molar refractivity (Wildman–Crippen MR) is 74.3 cm³/mol. The molecule has 2 rings (SSSR count). The van der Waals surface area contributed by atoms with E-state index in [1.165, 1.54) is 4.31 Å². The smallest absolute Gasteiger partial charge is 0.279 e. The van der Waals surface area contributed by atoms with E-state index >= 15 is 0 Å². The van der Waals surface area contributed by atoms with Gasteiger partial charge in [-0.25, -0.2) is 4.72 Å². The summed E-state index contributed by atoms with van der Waals surface area (Å²) in [5, 5.41) is 3.12. The Balaban J connectivity index is 1.57. The standard InChI is InChI=1S/C12H21N3O4S/c16-20(17,15-7-5-13-6-8-15)14-4-2-9-18-11-12-3-1-10-19-12/h1,3,10,13-14H,2,4-9,11H2. The summed E-state index contributed by atoms with van der Waals surface area (Å²) in [6, 6.07) is 3.65. The van der Waals surface area contributed by atoms with E-state index in [2.05, 4.69) is 10.0 Å². The molecule has 1 aliphatic heterocycles. The first-order valence-corrected chi connectivity index (χ1v) is 8.18. The zero-order chi connectivity index (χ0) is 14.3. The number of nitrogens with zero attached hydrogens (tertiary/aromatic N) is 1. The molecular formula is C12H21N3O4S. The first-order chi connectivity index (χ1) is 9.68. The van der Waals surface area contributed by atoms with Gasteiger partial charge in [-0.2, -0.15) is 12.7 Å². The fraction of sp³-hybridized carbons (Fsp3) is 0.667. The quantitative estimate of drug-likeness (QED) is 0.657. The lowest BCUT2D eigenvalue weighted by Gasteiger charge is -2.26. The maximum absolute atomic E-state index is 11.9. The van der Waals surface area contributed by atoms with Crippen molar-refractivity contribution in [3.05, 3.63) is 24.2 Å². The van der Waals surface area contributed by atoms with Crippen LogP contribution in [0, 0.1) is 0 Å². The monoisotopic (exact) mass is 303 g/mol. The van der Waals surface area contributed by atoms with E-state index in [1.807, 2.05) is 6.07 Å². The number of furan rings is 1. The number of hydrogen-bond donors (Lipinski definition) is 2. The first-order valence-electron chi connectivity index (χ1n) is 6.74. The van der Waals surface area contributed by atoms with E-state index in [-0.39, 0.29) is 0 Å². The molecule has 0 bridgehead atoms. The van der Waals surface area contributed by atoms with Gasteiger partial charge in [0.2, 0.25) is 0 Å². The van der Waals surface area contributed by atoms with Crippen LogP contribution in [0.15, 0.2) is 22.8 Å². The fourth-order valence-electron chi connectivity index (χ4n) is 1.92. The normalized spacial score (nSPS) is 17.4. The second-order valence-corrected chi connectivity index (χ2v) is 6.29. The van der Waals surface area contributed by atoms with Gasteiger partial charge in [0.05, 0.1) is 6.26 Å². The Morgan fingerprint density at radius 3 is 2.90 bits per heavy atom. The highest BCUT2D eigenvalue weighted by molar-refractivity contribution is 7.87. The van der Waals surface area contributed by atoms with E-state index in [0.717, 1.165) is 5.76 Å². The van der Waals surface area contributed by atoms with E-state index in [0.29, 0.717) is 52.4 Å². The Hall–Kier alpha value is -0.930. The summed E-state index contributed by atoms with van der Waals surface area (Å²) >= 11 is 0. The Labute approximate surface area is 119 Å². The topological polar surface area (TPSA) is 83.8 Å². The van der Waals surface area contributed by atoms with Crippen LogP contribution in [0.25, 0.3) is 0 Å². The molecule has 20 heavy (non-hydrogen) atoms. The molecule has 0 saturated carbocycles. The molecule has 2 N–H and O–H groups in total. The third-order valence-electron chi connectivity index (χ3n) is 2.99. The molecule has 1 aliphatic rings. The summed E-state index contributed by atoms with van der Waals surface area (Å²) in [6.07, 6.45) is 2.23. The van der Waals surface area contributed by atoms with E-state index < -0.39 is 10.2 Å². The van der Waals surface area contributed by atoms with Gasteiger partial charge in [-0.1, -0.05) is 0 Å². The minimum Gasteiger partial charge on any atom is -0.467 e. The lowest BCUT2D eigenvalue weighted by Crippen LogP contribution is -2.50. The highest BCUT2D eigenvalue weighted by Crippen LogP contribution is 2.02. The van der Waals surface area contributed by atoms with Crippen molar-refractivity contribution in [3.63, 3.8) is 0 Å². The highest BCUT2D eigenvalue weighted by Gasteiger charge is 2.22. The molecule has 0 unspecified atom stereocenters. The van der Waals surface area contributed by atoms with Crippen molar-refractivity contribution in [1.82, 2.24) is 14.3 Å². The van der Waals surface area contributed by atoms with Crippen molar-refractivity contribution in [2.45, 2.75) is 13.0 Å². The number of rotatable bonds is 8. The maximum atomic E-state index is 11.9. The number of piperazine rings is 1. The van der Waals surface area contributed by atoms with Crippen molar-refractivity contribution in [1.29, 1.82) is 0 Å². The third kappa shape index (κ3) is 4.88. The van der Waals surface area contributed by atoms with Crippen LogP contribution >= 0.6 is 0 Å². The van der Waals surface area contributed by atoms with Crippen LogP contribution in [0.1, 0.15) is 12.2 Å². The van der Waals surface area contributed by atoms with Gasteiger partial charge < -0.3 is 14.5 Å². The second kappa shape index (κ2) is 7.75. The molecule has 2 heterocycles. The Bertz CT molecular complexity index is 469. The minimum atomic E-state index is -3.34. The average Bonchev–Trinajstić information content (AvgIpc) is 2.97. The van der Waals surface area contributed by atoms with Crippen LogP contribution in [-0.4, -0.2) is 52.1 Å². The molecule has 0 aromatic carbocycles. The molecule has 0 radical (unpaired) electrons. The van der Waals surface area contributed by atoms with E-state index in [4.69, 9.17) is 9.15 Å². The van der Waals surface area contributed by atoms with Crippen molar-refractivity contribution < 1.29 is 17.6 Å². The largest absolute Gasteiger partial charge is 0.467 e. The predicted octanol–water partition coefficient (Wildman–Crippen LogP) is -0.0741. The summed E-state index contributed by atoms with van der Waals surface area (Å²) in [6.45, 7) is 3.72. The fourth-order valence-corrected chi connectivity index (χ4v) is 3.17. The van der Waals surface area contributed by atoms with Crippen molar-refractivity contribution >= 4 is 10.2 Å². The SMILES string of the molecule is O=S(=O)(NCCCOCc1ccco1)N1CCNCC1. The molecule has 0 amide bonds. The first kappa shape index (κ1) is 15.5. The molecule has 0 atom stereocenters. The molecule has 0 spiro atoms. The summed E-state index contributed by atoms with van der Waals surface area (Å²) in [7, 11) is -3.34. The molecule has 1 fully saturated rings. The minimum absolute atomic E-state index is 0.379. The lowest BCUT2D eigenvalue weighted by atomic mass is 10.4. The van der Waals surface area contributed by atoms with Crippen molar-refractivity contribution in [2.75, 3.05) is 39.3 Å². The van der Waals surface area contributed by atoms with Gasteiger partial charge in [0, 0.05) is 39.3 Å². The lowest BCUT2D eigenvalue weighted by molar-refractivity contribution is 0.105. The zero-order valence-electron chi connectivity index (χ0n) is 11.4. The van der Waals surface area contributed by atoms with Crippen molar-refractivity contribution in [3.8, 4) is 0 Å². The molecule has 1 saturated heterocycles. The summed E-state index contributed by atoms with van der Waals surface area (Å²) in [5.41, 5.74) is 0. The van der Waals surface area contributed by atoms with Gasteiger partial charge in [0.1, 0.15) is 12.4 Å². The molecule has 7 nitrogen and oxygen atoms in total. The van der Waals surface area contributed by atoms with Crippen LogP contribution in [0.2, 0.25) is 0 Å². The van der Waals surface area contributed by atoms with Crippen molar-refractivity contribution in [2.24, 2.45) is 0 Å². The van der Waals surface area contributed by atoms with Gasteiger partial charge in [-0.05, 0) is 18.6 Å². The number of nitrogens with one attached hydrogen (secondary N) is 2. The molecular weight excluding hydrogens is 282 g/mol.